The number of hydrogen-bond acceptors (Lipinski definition) is 3. The first-order valence-electron chi connectivity index (χ1n) is 14.7. The molecule has 1 saturated carbocycles. The van der Waals surface area contributed by atoms with Crippen molar-refractivity contribution in [2.75, 3.05) is 29.4 Å². The molecule has 39 heavy (non-hydrogen) atoms. The van der Waals surface area contributed by atoms with Gasteiger partial charge in [0.2, 0.25) is 0 Å². The highest BCUT2D eigenvalue weighted by molar-refractivity contribution is 5.76. The van der Waals surface area contributed by atoms with E-state index in [1.165, 1.54) is 31.2 Å². The van der Waals surface area contributed by atoms with Crippen LogP contribution in [0.15, 0.2) is 60.7 Å². The third kappa shape index (κ3) is 4.68. The number of imidazole rings is 1. The molecule has 0 spiro atoms. The first-order valence-corrected chi connectivity index (χ1v) is 14.7. The Bertz CT molecular complexity index is 1430. The number of aromatic amines is 1. The van der Waals surface area contributed by atoms with Crippen LogP contribution in [-0.2, 0) is 0 Å². The summed E-state index contributed by atoms with van der Waals surface area (Å²) >= 11 is 0. The summed E-state index contributed by atoms with van der Waals surface area (Å²) in [4.78, 5) is 12.5. The van der Waals surface area contributed by atoms with E-state index in [1.54, 1.807) is 12.1 Å². The Morgan fingerprint density at radius 3 is 2.21 bits per heavy atom. The van der Waals surface area contributed by atoms with Crippen LogP contribution in [0.4, 0.5) is 20.2 Å². The summed E-state index contributed by atoms with van der Waals surface area (Å²) in [6.45, 7) is 2.11. The summed E-state index contributed by atoms with van der Waals surface area (Å²) in [7, 11) is 0. The second-order valence-corrected chi connectivity index (χ2v) is 11.7. The van der Waals surface area contributed by atoms with Crippen LogP contribution in [0.1, 0.15) is 86.2 Å². The van der Waals surface area contributed by atoms with Crippen molar-refractivity contribution in [2.45, 2.75) is 69.2 Å². The summed E-state index contributed by atoms with van der Waals surface area (Å²) in [6.07, 6.45) is 8.73. The summed E-state index contributed by atoms with van der Waals surface area (Å²) < 4.78 is 31.1. The normalized spacial score (nSPS) is 20.9. The van der Waals surface area contributed by atoms with Gasteiger partial charge in [-0.1, -0.05) is 49.2 Å². The van der Waals surface area contributed by atoms with Gasteiger partial charge in [-0.2, -0.15) is 0 Å². The van der Waals surface area contributed by atoms with E-state index in [0.29, 0.717) is 30.6 Å². The van der Waals surface area contributed by atoms with Crippen LogP contribution in [-0.4, -0.2) is 29.6 Å². The zero-order chi connectivity index (χ0) is 26.3. The van der Waals surface area contributed by atoms with Crippen molar-refractivity contribution in [3.05, 3.63) is 89.2 Å². The van der Waals surface area contributed by atoms with E-state index in [4.69, 9.17) is 4.98 Å². The lowest BCUT2D eigenvalue weighted by Gasteiger charge is -2.35. The second kappa shape index (κ2) is 10.3. The van der Waals surface area contributed by atoms with Gasteiger partial charge < -0.3 is 14.8 Å². The van der Waals surface area contributed by atoms with Crippen molar-refractivity contribution in [1.82, 2.24) is 9.97 Å². The van der Waals surface area contributed by atoms with Crippen LogP contribution < -0.4 is 9.80 Å². The molecule has 1 N–H and O–H groups in total. The largest absolute Gasteiger partial charge is 0.367 e. The predicted molar refractivity (Wildman–Crippen MR) is 154 cm³/mol. The first-order chi connectivity index (χ1) is 19.1. The van der Waals surface area contributed by atoms with Gasteiger partial charge in [-0.25, -0.2) is 13.8 Å². The number of benzene rings is 3. The van der Waals surface area contributed by atoms with Gasteiger partial charge in [0, 0.05) is 31.2 Å². The maximum Gasteiger partial charge on any atom is 0.151 e. The SMILES string of the molecule is Fc1cc(N2CCC[C@@H]2c2ccc3[nH]c(C4CCCC4)nc3c2)cc(F)c1N1CCC(c2ccccc2)CC1. The Morgan fingerprint density at radius 2 is 1.46 bits per heavy atom. The summed E-state index contributed by atoms with van der Waals surface area (Å²) in [6, 6.07) is 20.1. The number of rotatable bonds is 5. The molecule has 0 radical (unpaired) electrons. The van der Waals surface area contributed by atoms with Gasteiger partial charge in [0.05, 0.1) is 17.1 Å². The van der Waals surface area contributed by atoms with Crippen molar-refractivity contribution in [3.63, 3.8) is 0 Å². The standard InChI is InChI=1S/C33H36F2N4/c34-27-20-26(21-28(35)32(27)38-17-14-23(15-18-38)22-7-2-1-3-8-22)39-16-6-11-31(39)25-12-13-29-30(19-25)37-33(36-29)24-9-4-5-10-24/h1-3,7-8,12-13,19-21,23-24,31H,4-6,9-11,14-18H2,(H,36,37)/t31-/m1/s1. The van der Waals surface area contributed by atoms with Crippen LogP contribution in [0.2, 0.25) is 0 Å². The van der Waals surface area contributed by atoms with Crippen molar-refractivity contribution < 1.29 is 8.78 Å². The molecule has 1 aliphatic carbocycles. The van der Waals surface area contributed by atoms with Gasteiger partial charge in [-0.3, -0.25) is 0 Å². The Kier molecular flexibility index (Phi) is 6.49. The molecule has 0 unspecified atom stereocenters. The minimum atomic E-state index is -0.460. The Labute approximate surface area is 229 Å². The molecule has 3 fully saturated rings. The maximum atomic E-state index is 15.5. The highest BCUT2D eigenvalue weighted by atomic mass is 19.1. The van der Waals surface area contributed by atoms with E-state index >= 15 is 8.78 Å². The number of anilines is 2. The number of nitrogens with zero attached hydrogens (tertiary/aromatic N) is 3. The summed E-state index contributed by atoms with van der Waals surface area (Å²) in [5, 5.41) is 0. The van der Waals surface area contributed by atoms with Crippen LogP contribution in [0, 0.1) is 11.6 Å². The van der Waals surface area contributed by atoms with E-state index in [2.05, 4.69) is 52.3 Å². The summed E-state index contributed by atoms with van der Waals surface area (Å²) in [5.41, 5.74) is 5.30. The van der Waals surface area contributed by atoms with Crippen LogP contribution in [0.5, 0.6) is 0 Å². The maximum absolute atomic E-state index is 15.5. The fourth-order valence-corrected chi connectivity index (χ4v) is 7.25. The monoisotopic (exact) mass is 526 g/mol. The van der Waals surface area contributed by atoms with Crippen LogP contribution in [0.25, 0.3) is 11.0 Å². The minimum absolute atomic E-state index is 0.0901. The van der Waals surface area contributed by atoms with Crippen molar-refractivity contribution in [3.8, 4) is 0 Å². The smallest absolute Gasteiger partial charge is 0.151 e. The number of halogens is 2. The molecule has 2 saturated heterocycles. The highest BCUT2D eigenvalue weighted by Gasteiger charge is 2.30. The van der Waals surface area contributed by atoms with Gasteiger partial charge in [0.25, 0.3) is 0 Å². The first kappa shape index (κ1) is 24.6. The zero-order valence-corrected chi connectivity index (χ0v) is 22.4. The second-order valence-electron chi connectivity index (χ2n) is 11.7. The average molecular weight is 527 g/mol. The van der Waals surface area contributed by atoms with Crippen LogP contribution >= 0.6 is 0 Å². The van der Waals surface area contributed by atoms with Crippen molar-refractivity contribution in [2.24, 2.45) is 0 Å². The lowest BCUT2D eigenvalue weighted by atomic mass is 9.89. The van der Waals surface area contributed by atoms with E-state index in [-0.39, 0.29) is 11.7 Å². The Hall–Kier alpha value is -3.41. The average Bonchev–Trinajstić information content (AvgIpc) is 3.74. The molecule has 0 bridgehead atoms. The predicted octanol–water partition coefficient (Wildman–Crippen LogP) is 8.22. The van der Waals surface area contributed by atoms with E-state index in [0.717, 1.165) is 54.6 Å². The number of fused-ring (bicyclic) bond motifs is 1. The van der Waals surface area contributed by atoms with Gasteiger partial charge in [0.15, 0.2) is 11.6 Å². The molecule has 0 amide bonds. The summed E-state index contributed by atoms with van der Waals surface area (Å²) in [5.74, 6) is 1.17. The molecule has 3 aromatic carbocycles. The molecule has 1 atom stereocenters. The fraction of sp³-hybridized carbons (Fsp3) is 0.424. The Balaban J connectivity index is 1.10. The quantitative estimate of drug-likeness (QED) is 0.285. The molecular formula is C33H36F2N4. The molecule has 7 rings (SSSR count). The van der Waals surface area contributed by atoms with Crippen molar-refractivity contribution in [1.29, 1.82) is 0 Å². The van der Waals surface area contributed by atoms with E-state index < -0.39 is 11.6 Å². The van der Waals surface area contributed by atoms with Gasteiger partial charge >= 0.3 is 0 Å². The third-order valence-electron chi connectivity index (χ3n) is 9.32. The Morgan fingerprint density at radius 1 is 0.718 bits per heavy atom. The lowest BCUT2D eigenvalue weighted by molar-refractivity contribution is 0.486. The molecule has 3 aliphatic rings. The fourth-order valence-electron chi connectivity index (χ4n) is 7.25. The number of nitrogens with one attached hydrogen (secondary N) is 1. The van der Waals surface area contributed by atoms with Gasteiger partial charge in [-0.15, -0.1) is 0 Å². The number of hydrogen-bond donors (Lipinski definition) is 1. The minimum Gasteiger partial charge on any atom is -0.367 e. The molecule has 2 aliphatic heterocycles. The number of aromatic nitrogens is 2. The molecule has 6 heteroatoms. The molecule has 202 valence electrons. The molecule has 3 heterocycles. The van der Waals surface area contributed by atoms with E-state index in [9.17, 15) is 0 Å². The highest BCUT2D eigenvalue weighted by Crippen LogP contribution is 2.41. The van der Waals surface area contributed by atoms with Crippen LogP contribution in [0.3, 0.4) is 0 Å². The molecular weight excluding hydrogens is 490 g/mol. The zero-order valence-electron chi connectivity index (χ0n) is 22.4. The molecule has 4 aromatic rings. The topological polar surface area (TPSA) is 35.2 Å². The van der Waals surface area contributed by atoms with Crippen molar-refractivity contribution >= 4 is 22.4 Å². The molecule has 4 nitrogen and oxygen atoms in total. The van der Waals surface area contributed by atoms with Gasteiger partial charge in [-0.05, 0) is 79.8 Å². The van der Waals surface area contributed by atoms with Gasteiger partial charge in [0.1, 0.15) is 11.5 Å². The van der Waals surface area contributed by atoms with E-state index in [1.807, 2.05) is 11.0 Å². The number of piperidine rings is 1. The third-order valence-corrected chi connectivity index (χ3v) is 9.32. The molecule has 1 aromatic heterocycles. The number of H-pyrrole nitrogens is 1. The lowest BCUT2D eigenvalue weighted by Crippen LogP contribution is -2.34.